The number of carbonyl (C=O) groups excluding carboxylic acids is 1. The van der Waals surface area contributed by atoms with E-state index in [1.54, 1.807) is 12.1 Å². The van der Waals surface area contributed by atoms with E-state index in [2.05, 4.69) is 24.3 Å². The quantitative estimate of drug-likeness (QED) is 0.404. The van der Waals surface area contributed by atoms with Gasteiger partial charge in [-0.25, -0.2) is 0 Å². The van der Waals surface area contributed by atoms with Gasteiger partial charge in [-0.3, -0.25) is 0 Å². The molecule has 0 aromatic heterocycles. The molecule has 3 rings (SSSR count). The Hall–Kier alpha value is -1.34. The Balaban J connectivity index is 1.87. The molecule has 0 amide bonds. The Morgan fingerprint density at radius 2 is 1.29 bits per heavy atom. The van der Waals surface area contributed by atoms with Crippen molar-refractivity contribution in [3.8, 4) is 0 Å². The van der Waals surface area contributed by atoms with Gasteiger partial charge in [-0.1, -0.05) is 0 Å². The molecule has 0 radical (unpaired) electrons. The van der Waals surface area contributed by atoms with Crippen molar-refractivity contribution in [2.75, 3.05) is 0 Å². The van der Waals surface area contributed by atoms with Crippen LogP contribution in [0, 0.1) is 0 Å². The SMILES string of the molecule is O=C(c1cccc(Cl)c1)C([Se]c1ccccc1)[Se]c1ccccc1. The Labute approximate surface area is 159 Å². The van der Waals surface area contributed by atoms with E-state index < -0.39 is 0 Å². The van der Waals surface area contributed by atoms with Crippen LogP contribution in [-0.4, -0.2) is 35.7 Å². The van der Waals surface area contributed by atoms with Crippen molar-refractivity contribution in [2.24, 2.45) is 0 Å². The summed E-state index contributed by atoms with van der Waals surface area (Å²) in [5.41, 5.74) is 0.711. The van der Waals surface area contributed by atoms with Crippen LogP contribution in [0.5, 0.6) is 0 Å². The van der Waals surface area contributed by atoms with E-state index in [1.807, 2.05) is 48.5 Å². The van der Waals surface area contributed by atoms with Crippen LogP contribution < -0.4 is 8.92 Å². The number of benzene rings is 3. The summed E-state index contributed by atoms with van der Waals surface area (Å²) in [7, 11) is 0. The normalized spacial score (nSPS) is 10.8. The number of Topliss-reactive ketones (excluding diaryl/α,β-unsaturated/α-hetero) is 1. The molecule has 0 aliphatic rings. The van der Waals surface area contributed by atoms with E-state index in [9.17, 15) is 4.79 Å². The zero-order valence-electron chi connectivity index (χ0n) is 12.8. The summed E-state index contributed by atoms with van der Waals surface area (Å²) >= 11 is 6.26. The van der Waals surface area contributed by atoms with Crippen LogP contribution >= 0.6 is 11.6 Å². The second-order valence-corrected chi connectivity index (χ2v) is 12.0. The van der Waals surface area contributed by atoms with Crippen LogP contribution in [0.3, 0.4) is 0 Å². The molecule has 3 aromatic carbocycles. The first-order valence-electron chi connectivity index (χ1n) is 7.45. The summed E-state index contributed by atoms with van der Waals surface area (Å²) in [6, 6.07) is 27.9. The average molecular weight is 465 g/mol. The van der Waals surface area contributed by atoms with Crippen LogP contribution in [0.25, 0.3) is 0 Å². The van der Waals surface area contributed by atoms with Gasteiger partial charge in [0.15, 0.2) is 0 Å². The molecule has 0 spiro atoms. The first-order valence-corrected chi connectivity index (χ1v) is 11.5. The van der Waals surface area contributed by atoms with Crippen LogP contribution in [0.15, 0.2) is 84.9 Å². The van der Waals surface area contributed by atoms with Gasteiger partial charge < -0.3 is 0 Å². The van der Waals surface area contributed by atoms with Gasteiger partial charge in [-0.15, -0.1) is 0 Å². The predicted octanol–water partition coefficient (Wildman–Crippen LogP) is 3.33. The van der Waals surface area contributed by atoms with Crippen molar-refractivity contribution in [1.82, 2.24) is 0 Å². The zero-order valence-corrected chi connectivity index (χ0v) is 16.9. The zero-order chi connectivity index (χ0) is 16.8. The molecule has 0 atom stereocenters. The molecule has 3 aromatic rings. The van der Waals surface area contributed by atoms with Crippen molar-refractivity contribution < 1.29 is 4.79 Å². The van der Waals surface area contributed by atoms with Crippen molar-refractivity contribution in [3.05, 3.63) is 95.5 Å². The van der Waals surface area contributed by atoms with E-state index in [1.165, 1.54) is 8.92 Å². The molecule has 0 unspecified atom stereocenters. The third kappa shape index (κ3) is 4.83. The van der Waals surface area contributed by atoms with Gasteiger partial charge in [-0.05, 0) is 0 Å². The van der Waals surface area contributed by atoms with Gasteiger partial charge in [0.1, 0.15) is 0 Å². The van der Waals surface area contributed by atoms with Crippen LogP contribution in [0.1, 0.15) is 10.4 Å². The van der Waals surface area contributed by atoms with Gasteiger partial charge >= 0.3 is 160 Å². The third-order valence-electron chi connectivity index (χ3n) is 3.30. The molecular weight excluding hydrogens is 450 g/mol. The number of rotatable bonds is 6. The van der Waals surface area contributed by atoms with E-state index in [-0.39, 0.29) is 39.4 Å². The van der Waals surface area contributed by atoms with Crippen LogP contribution in [0.4, 0.5) is 0 Å². The van der Waals surface area contributed by atoms with E-state index >= 15 is 0 Å². The third-order valence-corrected chi connectivity index (χ3v) is 9.71. The number of ketones is 1. The van der Waals surface area contributed by atoms with Crippen molar-refractivity contribution in [1.29, 1.82) is 0 Å². The summed E-state index contributed by atoms with van der Waals surface area (Å²) in [4.78, 5) is 13.1. The first-order chi connectivity index (χ1) is 11.7. The van der Waals surface area contributed by atoms with Crippen molar-refractivity contribution >= 4 is 56.2 Å². The second kappa shape index (κ2) is 8.67. The molecular formula is C20H15ClOSe2. The van der Waals surface area contributed by atoms with E-state index in [0.29, 0.717) is 10.6 Å². The molecule has 0 N–H and O–H groups in total. The Morgan fingerprint density at radius 1 is 0.750 bits per heavy atom. The standard InChI is InChI=1S/C20H15ClOSe2/c21-16-9-7-8-15(14-16)19(22)20(23-17-10-3-1-4-11-17)24-18-12-5-2-6-13-18/h1-14,20H. The predicted molar refractivity (Wildman–Crippen MR) is 103 cm³/mol. The van der Waals surface area contributed by atoms with Gasteiger partial charge in [0.05, 0.1) is 0 Å². The Bertz CT molecular complexity index is 765. The molecule has 120 valence electrons. The fourth-order valence-corrected chi connectivity index (χ4v) is 8.77. The molecule has 4 heteroatoms. The topological polar surface area (TPSA) is 17.1 Å². The maximum absolute atomic E-state index is 13.1. The summed E-state index contributed by atoms with van der Waals surface area (Å²) in [6.07, 6.45) is 0. The van der Waals surface area contributed by atoms with Gasteiger partial charge in [-0.2, -0.15) is 0 Å². The number of hydrogen-bond acceptors (Lipinski definition) is 1. The molecule has 0 heterocycles. The fourth-order valence-electron chi connectivity index (χ4n) is 2.15. The Kier molecular flexibility index (Phi) is 6.31. The van der Waals surface area contributed by atoms with E-state index in [4.69, 9.17) is 11.6 Å². The minimum atomic E-state index is 0.0215. The van der Waals surface area contributed by atoms with Crippen LogP contribution in [-0.2, 0) is 0 Å². The first kappa shape index (κ1) is 17.5. The molecule has 0 aliphatic carbocycles. The van der Waals surface area contributed by atoms with Gasteiger partial charge in [0.25, 0.3) is 0 Å². The summed E-state index contributed by atoms with van der Waals surface area (Å²) < 4.78 is 2.53. The van der Waals surface area contributed by atoms with Crippen molar-refractivity contribution in [2.45, 2.75) is 3.71 Å². The molecule has 0 bridgehead atoms. The van der Waals surface area contributed by atoms with Crippen LogP contribution in [0.2, 0.25) is 8.74 Å². The fraction of sp³-hybridized carbons (Fsp3) is 0.0500. The molecule has 0 saturated heterocycles. The molecule has 24 heavy (non-hydrogen) atoms. The average Bonchev–Trinajstić information content (AvgIpc) is 2.62. The van der Waals surface area contributed by atoms with Gasteiger partial charge in [0.2, 0.25) is 0 Å². The van der Waals surface area contributed by atoms with Crippen molar-refractivity contribution in [3.63, 3.8) is 0 Å². The monoisotopic (exact) mass is 466 g/mol. The Morgan fingerprint density at radius 3 is 1.79 bits per heavy atom. The molecule has 1 nitrogen and oxygen atoms in total. The summed E-state index contributed by atoms with van der Waals surface area (Å²) in [5.74, 6) is 0.199. The summed E-state index contributed by atoms with van der Waals surface area (Å²) in [5, 5.41) is 0.610. The molecule has 0 aliphatic heterocycles. The number of carbonyl (C=O) groups is 1. The number of halogens is 1. The maximum atomic E-state index is 13.1. The number of hydrogen-bond donors (Lipinski definition) is 0. The summed E-state index contributed by atoms with van der Waals surface area (Å²) in [6.45, 7) is 0. The van der Waals surface area contributed by atoms with Gasteiger partial charge in [0, 0.05) is 0 Å². The molecule has 0 saturated carbocycles. The second-order valence-electron chi connectivity index (χ2n) is 5.07. The van der Waals surface area contributed by atoms with E-state index in [0.717, 1.165) is 0 Å². The minimum absolute atomic E-state index is 0.0215. The molecule has 0 fully saturated rings.